The highest BCUT2D eigenvalue weighted by Crippen LogP contribution is 2.37. The van der Waals surface area contributed by atoms with Gasteiger partial charge in [0.1, 0.15) is 0 Å². The number of aliphatic hydroxyl groups is 1. The number of fused-ring (bicyclic) bond motifs is 1. The molecule has 1 aromatic carbocycles. The first-order valence-electron chi connectivity index (χ1n) is 11.1. The lowest BCUT2D eigenvalue weighted by Crippen LogP contribution is -2.36. The Bertz CT molecular complexity index is 1180. The highest BCUT2D eigenvalue weighted by Gasteiger charge is 2.30. The number of aliphatic hydroxyl groups excluding tert-OH is 1. The van der Waals surface area contributed by atoms with Crippen LogP contribution in [0.25, 0.3) is 22.2 Å². The van der Waals surface area contributed by atoms with Crippen molar-refractivity contribution >= 4 is 34.2 Å². The molecule has 8 nitrogen and oxygen atoms in total. The number of nitrogens with zero attached hydrogens (tertiary/aromatic N) is 2. The standard InChI is InChI=1S/C24H27N5O3/c1-25-24(32)18-13-26-22(28-23(31)14-6-7-14)21-17(18)12-19(27-21)16-4-2-3-5-20(16)29-10-8-15(30)9-11-29/h2-5,12-15,27,30H,6-11H2,1H3,(H,25,32)(H,26,28,31). The summed E-state index contributed by atoms with van der Waals surface area (Å²) in [5.74, 6) is 0.228. The van der Waals surface area contributed by atoms with E-state index in [-0.39, 0.29) is 23.8 Å². The fourth-order valence-corrected chi connectivity index (χ4v) is 4.32. The minimum Gasteiger partial charge on any atom is -0.393 e. The number of hydrogen-bond acceptors (Lipinski definition) is 5. The Balaban J connectivity index is 1.59. The number of carbonyl (C=O) groups is 2. The molecule has 2 amide bonds. The van der Waals surface area contributed by atoms with Crippen LogP contribution in [0.15, 0.2) is 36.5 Å². The van der Waals surface area contributed by atoms with E-state index < -0.39 is 0 Å². The van der Waals surface area contributed by atoms with Crippen LogP contribution in [0.2, 0.25) is 0 Å². The van der Waals surface area contributed by atoms with E-state index in [1.165, 1.54) is 6.20 Å². The maximum absolute atomic E-state index is 12.5. The van der Waals surface area contributed by atoms with Crippen LogP contribution in [0, 0.1) is 5.92 Å². The summed E-state index contributed by atoms with van der Waals surface area (Å²) in [6, 6.07) is 10.1. The van der Waals surface area contributed by atoms with Crippen LogP contribution < -0.4 is 15.5 Å². The van der Waals surface area contributed by atoms with E-state index in [0.29, 0.717) is 22.3 Å². The summed E-state index contributed by atoms with van der Waals surface area (Å²) in [5.41, 5.74) is 4.01. The van der Waals surface area contributed by atoms with Crippen LogP contribution in [0.3, 0.4) is 0 Å². The van der Waals surface area contributed by atoms with Crippen molar-refractivity contribution < 1.29 is 14.7 Å². The second kappa shape index (κ2) is 8.27. The molecule has 2 aromatic heterocycles. The van der Waals surface area contributed by atoms with Crippen molar-refractivity contribution in [2.45, 2.75) is 31.8 Å². The first-order chi connectivity index (χ1) is 15.5. The van der Waals surface area contributed by atoms with Crippen molar-refractivity contribution in [2.75, 3.05) is 30.4 Å². The van der Waals surface area contributed by atoms with E-state index in [9.17, 15) is 14.7 Å². The highest BCUT2D eigenvalue weighted by atomic mass is 16.3. The first kappa shape index (κ1) is 20.5. The number of H-pyrrole nitrogens is 1. The number of benzene rings is 1. The van der Waals surface area contributed by atoms with Crippen molar-refractivity contribution in [3.8, 4) is 11.3 Å². The van der Waals surface area contributed by atoms with E-state index in [4.69, 9.17) is 0 Å². The fourth-order valence-electron chi connectivity index (χ4n) is 4.32. The predicted octanol–water partition coefficient (Wildman–Crippen LogP) is 2.90. The molecule has 3 aromatic rings. The zero-order chi connectivity index (χ0) is 22.2. The molecule has 1 aliphatic carbocycles. The van der Waals surface area contributed by atoms with Gasteiger partial charge in [-0.05, 0) is 37.8 Å². The summed E-state index contributed by atoms with van der Waals surface area (Å²) in [6.07, 6.45) is 4.55. The molecular weight excluding hydrogens is 406 g/mol. The number of aromatic amines is 1. The van der Waals surface area contributed by atoms with Crippen LogP contribution in [-0.4, -0.2) is 53.1 Å². The minimum absolute atomic E-state index is 0.0325. The van der Waals surface area contributed by atoms with Crippen LogP contribution >= 0.6 is 0 Å². The molecule has 4 N–H and O–H groups in total. The molecule has 3 heterocycles. The number of amides is 2. The SMILES string of the molecule is CNC(=O)c1cnc(NC(=O)C2CC2)c2[nH]c(-c3ccccc3N3CCC(O)CC3)cc12. The number of carbonyl (C=O) groups excluding carboxylic acids is 2. The quantitative estimate of drug-likeness (QED) is 0.495. The van der Waals surface area contributed by atoms with Crippen LogP contribution in [-0.2, 0) is 4.79 Å². The summed E-state index contributed by atoms with van der Waals surface area (Å²) in [7, 11) is 1.59. The van der Waals surface area contributed by atoms with Gasteiger partial charge in [0.25, 0.3) is 5.91 Å². The Hall–Kier alpha value is -3.39. The van der Waals surface area contributed by atoms with Crippen molar-refractivity contribution in [3.05, 3.63) is 42.1 Å². The molecule has 0 spiro atoms. The molecule has 0 atom stereocenters. The second-order valence-electron chi connectivity index (χ2n) is 8.57. The Kier molecular flexibility index (Phi) is 5.30. The van der Waals surface area contributed by atoms with E-state index in [1.54, 1.807) is 7.05 Å². The third-order valence-electron chi connectivity index (χ3n) is 6.33. The van der Waals surface area contributed by atoms with Crippen molar-refractivity contribution in [1.82, 2.24) is 15.3 Å². The van der Waals surface area contributed by atoms with Gasteiger partial charge in [-0.15, -0.1) is 0 Å². The Labute approximate surface area is 186 Å². The van der Waals surface area contributed by atoms with Gasteiger partial charge in [-0.3, -0.25) is 9.59 Å². The largest absolute Gasteiger partial charge is 0.393 e. The zero-order valence-corrected chi connectivity index (χ0v) is 18.0. The molecule has 2 aliphatic rings. The van der Waals surface area contributed by atoms with Gasteiger partial charge in [-0.2, -0.15) is 0 Å². The van der Waals surface area contributed by atoms with E-state index in [2.05, 4.69) is 31.6 Å². The van der Waals surface area contributed by atoms with Gasteiger partial charge in [0.15, 0.2) is 5.82 Å². The second-order valence-corrected chi connectivity index (χ2v) is 8.57. The summed E-state index contributed by atoms with van der Waals surface area (Å²) < 4.78 is 0. The number of para-hydroxylation sites is 1. The van der Waals surface area contributed by atoms with E-state index in [0.717, 1.165) is 55.7 Å². The summed E-state index contributed by atoms with van der Waals surface area (Å²) in [4.78, 5) is 35.0. The highest BCUT2D eigenvalue weighted by molar-refractivity contribution is 6.11. The first-order valence-corrected chi connectivity index (χ1v) is 11.1. The molecule has 2 fully saturated rings. The smallest absolute Gasteiger partial charge is 0.253 e. The lowest BCUT2D eigenvalue weighted by molar-refractivity contribution is -0.117. The molecule has 5 rings (SSSR count). The van der Waals surface area contributed by atoms with E-state index >= 15 is 0 Å². The molecule has 8 heteroatoms. The fraction of sp³-hybridized carbons (Fsp3) is 0.375. The molecule has 0 radical (unpaired) electrons. The molecule has 166 valence electrons. The van der Waals surface area contributed by atoms with Gasteiger partial charge in [-0.25, -0.2) is 4.98 Å². The Morgan fingerprint density at radius 1 is 1.16 bits per heavy atom. The van der Waals surface area contributed by atoms with Crippen LogP contribution in [0.1, 0.15) is 36.0 Å². The average Bonchev–Trinajstić information content (AvgIpc) is 3.58. The van der Waals surface area contributed by atoms with Crippen molar-refractivity contribution in [1.29, 1.82) is 0 Å². The predicted molar refractivity (Wildman–Crippen MR) is 124 cm³/mol. The summed E-state index contributed by atoms with van der Waals surface area (Å²) >= 11 is 0. The van der Waals surface area contributed by atoms with Crippen molar-refractivity contribution in [3.63, 3.8) is 0 Å². The lowest BCUT2D eigenvalue weighted by atomic mass is 10.0. The number of rotatable bonds is 5. The number of aromatic nitrogens is 2. The van der Waals surface area contributed by atoms with Crippen LogP contribution in [0.5, 0.6) is 0 Å². The van der Waals surface area contributed by atoms with Gasteiger partial charge in [0.2, 0.25) is 5.91 Å². The molecule has 1 saturated carbocycles. The maximum atomic E-state index is 12.5. The number of hydrogen-bond donors (Lipinski definition) is 4. The van der Waals surface area contributed by atoms with Crippen LogP contribution in [0.4, 0.5) is 11.5 Å². The minimum atomic E-state index is -0.245. The molecule has 1 saturated heterocycles. The van der Waals surface area contributed by atoms with Gasteiger partial charge < -0.3 is 25.6 Å². The van der Waals surface area contributed by atoms with Gasteiger partial charge in [0, 0.05) is 54.6 Å². The average molecular weight is 434 g/mol. The Morgan fingerprint density at radius 2 is 1.91 bits per heavy atom. The molecule has 32 heavy (non-hydrogen) atoms. The van der Waals surface area contributed by atoms with Crippen molar-refractivity contribution in [2.24, 2.45) is 5.92 Å². The summed E-state index contributed by atoms with van der Waals surface area (Å²) in [6.45, 7) is 1.57. The van der Waals surface area contributed by atoms with E-state index in [1.807, 2.05) is 24.3 Å². The molecule has 1 aliphatic heterocycles. The normalized spacial score (nSPS) is 16.9. The molecule has 0 bridgehead atoms. The zero-order valence-electron chi connectivity index (χ0n) is 18.0. The lowest BCUT2D eigenvalue weighted by Gasteiger charge is -2.32. The maximum Gasteiger partial charge on any atom is 0.253 e. The van der Waals surface area contributed by atoms with Gasteiger partial charge in [-0.1, -0.05) is 18.2 Å². The third kappa shape index (κ3) is 3.82. The number of piperidine rings is 1. The van der Waals surface area contributed by atoms with Gasteiger partial charge in [0.05, 0.1) is 17.2 Å². The topological polar surface area (TPSA) is 110 Å². The van der Waals surface area contributed by atoms with Gasteiger partial charge >= 0.3 is 0 Å². The molecular formula is C24H27N5O3. The summed E-state index contributed by atoms with van der Waals surface area (Å²) in [5, 5.41) is 16.2. The number of anilines is 2. The number of nitrogens with one attached hydrogen (secondary N) is 3. The molecule has 0 unspecified atom stereocenters. The monoisotopic (exact) mass is 433 g/mol. The third-order valence-corrected chi connectivity index (χ3v) is 6.33. The number of pyridine rings is 1. The Morgan fingerprint density at radius 3 is 2.62 bits per heavy atom.